The number of esters is 1. The van der Waals surface area contributed by atoms with E-state index >= 15 is 0 Å². The maximum atomic E-state index is 12.2. The number of benzene rings is 2. The molecule has 0 aliphatic heterocycles. The van der Waals surface area contributed by atoms with Crippen molar-refractivity contribution in [1.29, 1.82) is 0 Å². The third-order valence-electron chi connectivity index (χ3n) is 4.80. The molecular formula is C24H22N2O5. The van der Waals surface area contributed by atoms with Gasteiger partial charge in [-0.2, -0.15) is 0 Å². The summed E-state index contributed by atoms with van der Waals surface area (Å²) in [5.41, 5.74) is 3.50. The third kappa shape index (κ3) is 5.19. The first-order valence-electron chi connectivity index (χ1n) is 9.88. The van der Waals surface area contributed by atoms with Crippen molar-refractivity contribution in [2.75, 3.05) is 0 Å². The Morgan fingerprint density at radius 1 is 1.00 bits per heavy atom. The lowest BCUT2D eigenvalue weighted by atomic mass is 10.1. The van der Waals surface area contributed by atoms with Gasteiger partial charge in [0, 0.05) is 5.56 Å². The molecule has 0 amide bonds. The summed E-state index contributed by atoms with van der Waals surface area (Å²) < 4.78 is 21.8. The Kier molecular flexibility index (Phi) is 6.12. The van der Waals surface area contributed by atoms with Gasteiger partial charge in [0.25, 0.3) is 0 Å². The minimum absolute atomic E-state index is 0.00962. The van der Waals surface area contributed by atoms with Crippen LogP contribution in [0.15, 0.2) is 69.7 Å². The van der Waals surface area contributed by atoms with Gasteiger partial charge in [-0.05, 0) is 31.5 Å². The number of rotatable bonds is 8. The minimum atomic E-state index is -0.358. The van der Waals surface area contributed by atoms with E-state index in [2.05, 4.69) is 10.1 Å². The van der Waals surface area contributed by atoms with Crippen molar-refractivity contribution in [3.63, 3.8) is 0 Å². The van der Waals surface area contributed by atoms with E-state index in [1.54, 1.807) is 6.20 Å². The Labute approximate surface area is 179 Å². The fourth-order valence-electron chi connectivity index (χ4n) is 3.04. The van der Waals surface area contributed by atoms with E-state index in [4.69, 9.17) is 18.4 Å². The summed E-state index contributed by atoms with van der Waals surface area (Å²) in [6.07, 6.45) is 1.77. The van der Waals surface area contributed by atoms with Crippen molar-refractivity contribution in [2.24, 2.45) is 0 Å². The Morgan fingerprint density at radius 2 is 1.77 bits per heavy atom. The molecule has 4 rings (SSSR count). The quantitative estimate of drug-likeness (QED) is 0.379. The van der Waals surface area contributed by atoms with Crippen LogP contribution < -0.4 is 4.74 Å². The van der Waals surface area contributed by atoms with Crippen molar-refractivity contribution in [1.82, 2.24) is 10.1 Å². The molecule has 0 fully saturated rings. The molecule has 2 aromatic carbocycles. The SMILES string of the molecule is Cc1noc(C)c1COc1ccc(CC(=O)OCc2ncc(-c3ccccc3)o2)cc1. The molecule has 0 radical (unpaired) electrons. The summed E-state index contributed by atoms with van der Waals surface area (Å²) in [7, 11) is 0. The van der Waals surface area contributed by atoms with Crippen molar-refractivity contribution in [2.45, 2.75) is 33.5 Å². The van der Waals surface area contributed by atoms with Gasteiger partial charge >= 0.3 is 5.97 Å². The first-order chi connectivity index (χ1) is 15.1. The second kappa shape index (κ2) is 9.30. The molecule has 0 aliphatic rings. The molecular weight excluding hydrogens is 396 g/mol. The molecule has 0 saturated carbocycles. The van der Waals surface area contributed by atoms with Crippen molar-refractivity contribution in [3.8, 4) is 17.1 Å². The minimum Gasteiger partial charge on any atom is -0.489 e. The van der Waals surface area contributed by atoms with Gasteiger partial charge in [-0.15, -0.1) is 0 Å². The smallest absolute Gasteiger partial charge is 0.310 e. The lowest BCUT2D eigenvalue weighted by Gasteiger charge is -2.07. The summed E-state index contributed by atoms with van der Waals surface area (Å²) >= 11 is 0. The zero-order valence-corrected chi connectivity index (χ0v) is 17.3. The average molecular weight is 418 g/mol. The summed E-state index contributed by atoms with van der Waals surface area (Å²) in [6, 6.07) is 16.9. The highest BCUT2D eigenvalue weighted by Gasteiger charge is 2.12. The van der Waals surface area contributed by atoms with E-state index in [1.807, 2.05) is 68.4 Å². The fourth-order valence-corrected chi connectivity index (χ4v) is 3.04. The van der Waals surface area contributed by atoms with Crippen LogP contribution in [-0.4, -0.2) is 16.1 Å². The molecule has 7 heteroatoms. The highest BCUT2D eigenvalue weighted by molar-refractivity contribution is 5.72. The molecule has 0 bridgehead atoms. The highest BCUT2D eigenvalue weighted by Crippen LogP contribution is 2.21. The Balaban J connectivity index is 1.26. The standard InChI is InChI=1S/C24H22N2O5/c1-16-21(17(2)31-26-16)14-28-20-10-8-18(9-11-20)12-24(27)29-15-23-25-13-22(30-23)19-6-4-3-5-7-19/h3-11,13H,12,14-15H2,1-2H3. The zero-order chi connectivity index (χ0) is 21.6. The van der Waals surface area contributed by atoms with E-state index < -0.39 is 0 Å². The Morgan fingerprint density at radius 3 is 2.48 bits per heavy atom. The van der Waals surface area contributed by atoms with Crippen LogP contribution in [-0.2, 0) is 29.2 Å². The van der Waals surface area contributed by atoms with Gasteiger partial charge in [0.15, 0.2) is 12.4 Å². The van der Waals surface area contributed by atoms with Gasteiger partial charge in [0.2, 0.25) is 5.89 Å². The fraction of sp³-hybridized carbons (Fsp3) is 0.208. The maximum Gasteiger partial charge on any atom is 0.310 e. The Bertz CT molecular complexity index is 1130. The Hall–Kier alpha value is -3.87. The predicted molar refractivity (Wildman–Crippen MR) is 112 cm³/mol. The lowest BCUT2D eigenvalue weighted by molar-refractivity contribution is -0.144. The number of nitrogens with zero attached hydrogens (tertiary/aromatic N) is 2. The van der Waals surface area contributed by atoms with E-state index in [0.717, 1.165) is 28.1 Å². The molecule has 158 valence electrons. The van der Waals surface area contributed by atoms with Gasteiger partial charge < -0.3 is 18.4 Å². The molecule has 31 heavy (non-hydrogen) atoms. The number of carbonyl (C=O) groups is 1. The predicted octanol–water partition coefficient (Wildman–Crippen LogP) is 4.81. The van der Waals surface area contributed by atoms with Crippen molar-refractivity contribution in [3.05, 3.63) is 89.3 Å². The first kappa shape index (κ1) is 20.4. The van der Waals surface area contributed by atoms with Gasteiger partial charge in [0.1, 0.15) is 18.1 Å². The molecule has 0 saturated heterocycles. The van der Waals surface area contributed by atoms with Gasteiger partial charge in [-0.1, -0.05) is 47.6 Å². The van der Waals surface area contributed by atoms with E-state index in [0.29, 0.717) is 24.0 Å². The molecule has 0 unspecified atom stereocenters. The largest absolute Gasteiger partial charge is 0.489 e. The van der Waals surface area contributed by atoms with Gasteiger partial charge in [-0.25, -0.2) is 4.98 Å². The van der Waals surface area contributed by atoms with Crippen LogP contribution in [0.3, 0.4) is 0 Å². The van der Waals surface area contributed by atoms with Crippen LogP contribution in [0.4, 0.5) is 0 Å². The molecule has 0 N–H and O–H groups in total. The van der Waals surface area contributed by atoms with E-state index in [9.17, 15) is 4.79 Å². The van der Waals surface area contributed by atoms with Crippen LogP contribution in [0.2, 0.25) is 0 Å². The third-order valence-corrected chi connectivity index (χ3v) is 4.80. The number of aryl methyl sites for hydroxylation is 2. The molecule has 0 atom stereocenters. The maximum absolute atomic E-state index is 12.2. The normalized spacial score (nSPS) is 10.8. The number of aromatic nitrogens is 2. The summed E-state index contributed by atoms with van der Waals surface area (Å²) in [5.74, 6) is 2.09. The van der Waals surface area contributed by atoms with Crippen LogP contribution in [0.25, 0.3) is 11.3 Å². The number of hydrogen-bond donors (Lipinski definition) is 0. The van der Waals surface area contributed by atoms with Crippen LogP contribution in [0.5, 0.6) is 5.75 Å². The second-order valence-electron chi connectivity index (χ2n) is 7.06. The highest BCUT2D eigenvalue weighted by atomic mass is 16.5. The lowest BCUT2D eigenvalue weighted by Crippen LogP contribution is -2.08. The average Bonchev–Trinajstić information content (AvgIpc) is 3.39. The molecule has 4 aromatic rings. The summed E-state index contributed by atoms with van der Waals surface area (Å²) in [5, 5.41) is 3.91. The number of hydrogen-bond acceptors (Lipinski definition) is 7. The first-order valence-corrected chi connectivity index (χ1v) is 9.88. The topological polar surface area (TPSA) is 87.6 Å². The van der Waals surface area contributed by atoms with Crippen LogP contribution in [0, 0.1) is 13.8 Å². The summed E-state index contributed by atoms with van der Waals surface area (Å²) in [4.78, 5) is 16.3. The number of oxazole rings is 1. The van der Waals surface area contributed by atoms with Crippen LogP contribution in [0.1, 0.15) is 28.5 Å². The molecule has 0 aliphatic carbocycles. The number of ether oxygens (including phenoxy) is 2. The monoisotopic (exact) mass is 418 g/mol. The molecule has 2 aromatic heterocycles. The number of carbonyl (C=O) groups excluding carboxylic acids is 1. The van der Waals surface area contributed by atoms with Gasteiger partial charge in [-0.3, -0.25) is 4.79 Å². The molecule has 0 spiro atoms. The molecule has 7 nitrogen and oxygen atoms in total. The van der Waals surface area contributed by atoms with Crippen molar-refractivity contribution < 1.29 is 23.2 Å². The van der Waals surface area contributed by atoms with E-state index in [-0.39, 0.29) is 19.0 Å². The van der Waals surface area contributed by atoms with E-state index in [1.165, 1.54) is 0 Å². The van der Waals surface area contributed by atoms with Gasteiger partial charge in [0.05, 0.1) is 23.9 Å². The second-order valence-corrected chi connectivity index (χ2v) is 7.06. The zero-order valence-electron chi connectivity index (χ0n) is 17.3. The summed E-state index contributed by atoms with van der Waals surface area (Å²) in [6.45, 7) is 4.10. The molecule has 2 heterocycles. The van der Waals surface area contributed by atoms with Crippen LogP contribution >= 0.6 is 0 Å². The van der Waals surface area contributed by atoms with Crippen molar-refractivity contribution >= 4 is 5.97 Å².